The van der Waals surface area contributed by atoms with E-state index in [4.69, 9.17) is 10.5 Å². The highest BCUT2D eigenvalue weighted by atomic mass is 32.1. The number of fused-ring (bicyclic) bond motifs is 2. The summed E-state index contributed by atoms with van der Waals surface area (Å²) >= 11 is 2.78. The van der Waals surface area contributed by atoms with E-state index in [0.29, 0.717) is 21.1 Å². The standard InChI is InChI=1S/C23H27N3O3S2/c1-11-12(2)16-18(24)19(31-21(16)25-13(11)3)20(27)26-22-17(23(28)29-4)14-9-7-5-6-8-10-15(14)30-22/h5-10,24H2,1-4H3,(H,26,27). The molecule has 0 bridgehead atoms. The molecule has 1 amide bonds. The van der Waals surface area contributed by atoms with Crippen LogP contribution in [0.1, 0.15) is 73.0 Å². The molecule has 8 heteroatoms. The van der Waals surface area contributed by atoms with E-state index in [1.165, 1.54) is 41.1 Å². The Kier molecular flexibility index (Phi) is 6.03. The summed E-state index contributed by atoms with van der Waals surface area (Å²) in [7, 11) is 1.38. The lowest BCUT2D eigenvalue weighted by Crippen LogP contribution is -2.15. The van der Waals surface area contributed by atoms with Crippen molar-refractivity contribution in [2.75, 3.05) is 18.2 Å². The minimum absolute atomic E-state index is 0.311. The number of thiophene rings is 2. The van der Waals surface area contributed by atoms with Gasteiger partial charge in [0, 0.05) is 16.0 Å². The molecule has 0 fully saturated rings. The summed E-state index contributed by atoms with van der Waals surface area (Å²) in [5.74, 6) is -0.712. The molecule has 3 aromatic rings. The number of nitrogens with two attached hydrogens (primary N) is 1. The number of amides is 1. The van der Waals surface area contributed by atoms with Gasteiger partial charge in [-0.25, -0.2) is 9.78 Å². The lowest BCUT2D eigenvalue weighted by Gasteiger charge is -2.11. The van der Waals surface area contributed by atoms with Gasteiger partial charge in [-0.15, -0.1) is 22.7 Å². The van der Waals surface area contributed by atoms with Gasteiger partial charge in [-0.2, -0.15) is 0 Å². The van der Waals surface area contributed by atoms with E-state index in [-0.39, 0.29) is 5.91 Å². The van der Waals surface area contributed by atoms with Crippen LogP contribution >= 0.6 is 22.7 Å². The number of hydrogen-bond acceptors (Lipinski definition) is 7. The topological polar surface area (TPSA) is 94.3 Å². The van der Waals surface area contributed by atoms with Gasteiger partial charge in [-0.3, -0.25) is 4.79 Å². The Morgan fingerprint density at radius 3 is 2.45 bits per heavy atom. The van der Waals surface area contributed by atoms with Crippen LogP contribution < -0.4 is 11.1 Å². The molecule has 3 aromatic heterocycles. The lowest BCUT2D eigenvalue weighted by molar-refractivity contribution is 0.0601. The van der Waals surface area contributed by atoms with E-state index in [2.05, 4.69) is 10.3 Å². The van der Waals surface area contributed by atoms with Gasteiger partial charge < -0.3 is 15.8 Å². The highest BCUT2D eigenvalue weighted by Gasteiger charge is 2.27. The van der Waals surface area contributed by atoms with Crippen molar-refractivity contribution in [3.8, 4) is 0 Å². The first-order valence-corrected chi connectivity index (χ1v) is 12.2. The molecule has 1 aliphatic rings. The molecule has 1 aliphatic carbocycles. The van der Waals surface area contributed by atoms with Gasteiger partial charge in [-0.1, -0.05) is 12.8 Å². The fraction of sp³-hybridized carbons (Fsp3) is 0.435. The molecule has 0 saturated heterocycles. The predicted octanol–water partition coefficient (Wildman–Crippen LogP) is 5.56. The van der Waals surface area contributed by atoms with E-state index in [0.717, 1.165) is 64.7 Å². The van der Waals surface area contributed by atoms with Crippen molar-refractivity contribution >= 4 is 55.5 Å². The number of nitrogen functional groups attached to an aromatic ring is 1. The van der Waals surface area contributed by atoms with Crippen molar-refractivity contribution in [2.24, 2.45) is 0 Å². The zero-order valence-electron chi connectivity index (χ0n) is 18.3. The Labute approximate surface area is 189 Å². The molecule has 6 nitrogen and oxygen atoms in total. The zero-order valence-corrected chi connectivity index (χ0v) is 19.9. The summed E-state index contributed by atoms with van der Waals surface area (Å²) in [6.07, 6.45) is 6.23. The smallest absolute Gasteiger partial charge is 0.341 e. The first-order chi connectivity index (χ1) is 14.8. The molecule has 3 heterocycles. The molecule has 0 saturated carbocycles. The summed E-state index contributed by atoms with van der Waals surface area (Å²) in [6.45, 7) is 5.98. The summed E-state index contributed by atoms with van der Waals surface area (Å²) in [6, 6.07) is 0. The number of esters is 1. The van der Waals surface area contributed by atoms with Crippen molar-refractivity contribution < 1.29 is 14.3 Å². The Bertz CT molecular complexity index is 1190. The summed E-state index contributed by atoms with van der Waals surface area (Å²) in [5.41, 5.74) is 11.4. The molecule has 164 valence electrons. The summed E-state index contributed by atoms with van der Waals surface area (Å²) in [5, 5.41) is 4.36. The van der Waals surface area contributed by atoms with Crippen LogP contribution in [-0.4, -0.2) is 24.0 Å². The van der Waals surface area contributed by atoms with Gasteiger partial charge in [0.2, 0.25) is 0 Å². The Balaban J connectivity index is 1.75. The molecule has 0 atom stereocenters. The third-order valence-electron chi connectivity index (χ3n) is 6.17. The van der Waals surface area contributed by atoms with Crippen molar-refractivity contribution in [1.29, 1.82) is 0 Å². The van der Waals surface area contributed by atoms with E-state index in [9.17, 15) is 9.59 Å². The third kappa shape index (κ3) is 3.83. The fourth-order valence-corrected chi connectivity index (χ4v) is 6.59. The number of pyridine rings is 1. The molecule has 31 heavy (non-hydrogen) atoms. The maximum absolute atomic E-state index is 13.2. The van der Waals surface area contributed by atoms with E-state index < -0.39 is 5.97 Å². The molecular weight excluding hydrogens is 430 g/mol. The van der Waals surface area contributed by atoms with E-state index >= 15 is 0 Å². The second-order valence-electron chi connectivity index (χ2n) is 8.04. The predicted molar refractivity (Wildman–Crippen MR) is 128 cm³/mol. The number of methoxy groups -OCH3 is 1. The van der Waals surface area contributed by atoms with Gasteiger partial charge in [0.15, 0.2) is 0 Å². The minimum atomic E-state index is -0.401. The van der Waals surface area contributed by atoms with Crippen molar-refractivity contribution in [2.45, 2.75) is 59.3 Å². The highest BCUT2D eigenvalue weighted by molar-refractivity contribution is 7.21. The quantitative estimate of drug-likeness (QED) is 0.502. The van der Waals surface area contributed by atoms with Crippen LogP contribution in [0.2, 0.25) is 0 Å². The molecule has 4 rings (SSSR count). The average Bonchev–Trinajstić information content (AvgIpc) is 3.22. The van der Waals surface area contributed by atoms with Crippen LogP contribution in [0.3, 0.4) is 0 Å². The maximum atomic E-state index is 13.2. The Morgan fingerprint density at radius 1 is 1.03 bits per heavy atom. The Hall–Kier alpha value is -2.45. The SMILES string of the molecule is COC(=O)c1c(NC(=O)c2sc3nc(C)c(C)c(C)c3c2N)sc2c1CCCCCC2. The molecule has 0 unspecified atom stereocenters. The van der Waals surface area contributed by atoms with Crippen LogP contribution in [0.15, 0.2) is 0 Å². The second-order valence-corrected chi connectivity index (χ2v) is 10.1. The highest BCUT2D eigenvalue weighted by Crippen LogP contribution is 2.40. The first kappa shape index (κ1) is 21.8. The van der Waals surface area contributed by atoms with Crippen LogP contribution in [0.4, 0.5) is 10.7 Å². The third-order valence-corrected chi connectivity index (χ3v) is 8.48. The number of carbonyl (C=O) groups excluding carboxylic acids is 2. The summed E-state index contributed by atoms with van der Waals surface area (Å²) in [4.78, 5) is 32.8. The van der Waals surface area contributed by atoms with Crippen LogP contribution in [0.5, 0.6) is 0 Å². The number of ether oxygens (including phenoxy) is 1. The Morgan fingerprint density at radius 2 is 1.74 bits per heavy atom. The molecule has 0 radical (unpaired) electrons. The molecule has 0 aromatic carbocycles. The molecular formula is C23H27N3O3S2. The molecule has 3 N–H and O–H groups in total. The van der Waals surface area contributed by atoms with Crippen LogP contribution in [0.25, 0.3) is 10.2 Å². The average molecular weight is 458 g/mol. The van der Waals surface area contributed by atoms with Gasteiger partial charge in [0.05, 0.1) is 18.4 Å². The van der Waals surface area contributed by atoms with Gasteiger partial charge in [0.25, 0.3) is 5.91 Å². The van der Waals surface area contributed by atoms with Crippen LogP contribution in [0, 0.1) is 20.8 Å². The molecule has 0 aliphatic heterocycles. The lowest BCUT2D eigenvalue weighted by atomic mass is 9.96. The van der Waals surface area contributed by atoms with Crippen molar-refractivity contribution in [1.82, 2.24) is 4.98 Å². The van der Waals surface area contributed by atoms with Crippen molar-refractivity contribution in [3.05, 3.63) is 37.7 Å². The number of aromatic nitrogens is 1. The molecule has 0 spiro atoms. The normalized spacial score (nSPS) is 14.1. The maximum Gasteiger partial charge on any atom is 0.341 e. The number of carbonyl (C=O) groups is 2. The first-order valence-electron chi connectivity index (χ1n) is 10.5. The second kappa shape index (κ2) is 8.59. The van der Waals surface area contributed by atoms with Crippen molar-refractivity contribution in [3.63, 3.8) is 0 Å². The number of anilines is 2. The van der Waals surface area contributed by atoms with E-state index in [1.54, 1.807) is 0 Å². The zero-order chi connectivity index (χ0) is 22.3. The number of nitrogens with one attached hydrogen (secondary N) is 1. The van der Waals surface area contributed by atoms with Gasteiger partial charge in [0.1, 0.15) is 14.7 Å². The number of nitrogens with zero attached hydrogens (tertiary/aromatic N) is 1. The monoisotopic (exact) mass is 457 g/mol. The van der Waals surface area contributed by atoms with Gasteiger partial charge >= 0.3 is 5.97 Å². The van der Waals surface area contributed by atoms with E-state index in [1.807, 2.05) is 20.8 Å². The minimum Gasteiger partial charge on any atom is -0.465 e. The number of hydrogen-bond donors (Lipinski definition) is 2. The summed E-state index contributed by atoms with van der Waals surface area (Å²) < 4.78 is 5.06. The van der Waals surface area contributed by atoms with Gasteiger partial charge in [-0.05, 0) is 63.1 Å². The fourth-order valence-electron chi connectivity index (χ4n) is 4.22. The number of rotatable bonds is 3. The number of aryl methyl sites for hydroxylation is 3. The van der Waals surface area contributed by atoms with Crippen LogP contribution in [-0.2, 0) is 17.6 Å². The largest absolute Gasteiger partial charge is 0.465 e.